The molecule has 1 heterocycles. The maximum atomic E-state index is 11.3. The smallest absolute Gasteiger partial charge is 0.269 e. The molecule has 0 saturated heterocycles. The predicted molar refractivity (Wildman–Crippen MR) is 69.5 cm³/mol. The molecule has 0 aliphatic heterocycles. The molecule has 18 heavy (non-hydrogen) atoms. The van der Waals surface area contributed by atoms with Crippen LogP contribution in [0.15, 0.2) is 42.7 Å². The summed E-state index contributed by atoms with van der Waals surface area (Å²) in [7, 11) is 1.76. The Morgan fingerprint density at radius 2 is 1.72 bits per heavy atom. The van der Waals surface area contributed by atoms with Gasteiger partial charge < -0.3 is 5.11 Å². The van der Waals surface area contributed by atoms with Gasteiger partial charge in [0, 0.05) is 17.7 Å². The first kappa shape index (κ1) is 14.1. The number of aromatic nitrogens is 1. The Morgan fingerprint density at radius 3 is 2.22 bits per heavy atom. The number of aryl methyl sites for hydroxylation is 1. The number of halogens is 1. The summed E-state index contributed by atoms with van der Waals surface area (Å²) in [5, 5.41) is 21.8. The van der Waals surface area contributed by atoms with E-state index in [1.165, 1.54) is 24.4 Å². The van der Waals surface area contributed by atoms with E-state index in [1.54, 1.807) is 29.9 Å². The highest BCUT2D eigenvalue weighted by Gasteiger charge is 2.07. The lowest BCUT2D eigenvalue weighted by Gasteiger charge is -2.05. The minimum absolute atomic E-state index is 0. The molecule has 6 heteroatoms. The number of benzene rings is 1. The Kier molecular flexibility index (Phi) is 4.38. The van der Waals surface area contributed by atoms with Crippen molar-refractivity contribution in [2.24, 2.45) is 7.05 Å². The van der Waals surface area contributed by atoms with Crippen LogP contribution >= 0.6 is 17.0 Å². The van der Waals surface area contributed by atoms with Crippen molar-refractivity contribution in [2.45, 2.75) is 0 Å². The highest BCUT2D eigenvalue weighted by atomic mass is 79.9. The standard InChI is InChI=1S/C12H10N2O3.BrH/c1-13-7-10(6-12(15)8-13)9-2-4-11(5-3-9)14(16)17;/h2-8H,1H3;1H. The zero-order valence-electron chi connectivity index (χ0n) is 9.57. The lowest BCUT2D eigenvalue weighted by atomic mass is 10.1. The van der Waals surface area contributed by atoms with E-state index in [0.717, 1.165) is 11.1 Å². The SMILES string of the molecule is Br.C[n+]1cc([O-])cc(-c2ccc([N+](=O)[O-])cc2)c1. The van der Waals surface area contributed by atoms with Crippen molar-refractivity contribution in [3.8, 4) is 16.9 Å². The number of hydrogen-bond donors (Lipinski definition) is 0. The molecule has 0 radical (unpaired) electrons. The van der Waals surface area contributed by atoms with Crippen LogP contribution in [-0.4, -0.2) is 4.92 Å². The van der Waals surface area contributed by atoms with Gasteiger partial charge in [0.1, 0.15) is 7.05 Å². The van der Waals surface area contributed by atoms with Crippen molar-refractivity contribution in [1.29, 1.82) is 0 Å². The Balaban J connectivity index is 0.00000162. The molecule has 0 aliphatic rings. The third-order valence-corrected chi connectivity index (χ3v) is 2.38. The van der Waals surface area contributed by atoms with E-state index in [9.17, 15) is 15.2 Å². The third kappa shape index (κ3) is 3.04. The van der Waals surface area contributed by atoms with Gasteiger partial charge in [-0.25, -0.2) is 4.57 Å². The van der Waals surface area contributed by atoms with Gasteiger partial charge in [0.2, 0.25) is 0 Å². The van der Waals surface area contributed by atoms with Crippen LogP contribution in [0.2, 0.25) is 0 Å². The van der Waals surface area contributed by atoms with Crippen molar-refractivity contribution in [1.82, 2.24) is 0 Å². The van der Waals surface area contributed by atoms with Crippen LogP contribution in [0.25, 0.3) is 11.1 Å². The summed E-state index contributed by atoms with van der Waals surface area (Å²) in [4.78, 5) is 10.1. The number of hydrogen-bond acceptors (Lipinski definition) is 3. The maximum absolute atomic E-state index is 11.3. The molecule has 94 valence electrons. The van der Waals surface area contributed by atoms with Crippen LogP contribution < -0.4 is 9.67 Å². The Hall–Kier alpha value is -1.95. The predicted octanol–water partition coefficient (Wildman–Crippen LogP) is 1.74. The van der Waals surface area contributed by atoms with Crippen LogP contribution in [0.5, 0.6) is 5.75 Å². The molecule has 0 aliphatic carbocycles. The van der Waals surface area contributed by atoms with E-state index in [1.807, 2.05) is 0 Å². The molecular formula is C12H11BrN2O3. The largest absolute Gasteiger partial charge is 0.868 e. The topological polar surface area (TPSA) is 70.1 Å². The molecule has 0 unspecified atom stereocenters. The third-order valence-electron chi connectivity index (χ3n) is 2.38. The van der Waals surface area contributed by atoms with Crippen molar-refractivity contribution in [2.75, 3.05) is 0 Å². The molecule has 2 aromatic rings. The summed E-state index contributed by atoms with van der Waals surface area (Å²) < 4.78 is 1.67. The van der Waals surface area contributed by atoms with E-state index in [4.69, 9.17) is 0 Å². The molecule has 1 aromatic carbocycles. The minimum Gasteiger partial charge on any atom is -0.868 e. The van der Waals surface area contributed by atoms with Crippen LogP contribution in [0.3, 0.4) is 0 Å². The van der Waals surface area contributed by atoms with Gasteiger partial charge >= 0.3 is 0 Å². The number of pyridine rings is 1. The number of nitro groups is 1. The first-order chi connectivity index (χ1) is 8.06. The maximum Gasteiger partial charge on any atom is 0.269 e. The Morgan fingerprint density at radius 1 is 1.11 bits per heavy atom. The van der Waals surface area contributed by atoms with Gasteiger partial charge in [-0.1, -0.05) is 6.07 Å². The molecule has 2 rings (SSSR count). The second-order valence-corrected chi connectivity index (χ2v) is 3.73. The van der Waals surface area contributed by atoms with Crippen molar-refractivity contribution >= 4 is 22.7 Å². The number of nitro benzene ring substituents is 1. The lowest BCUT2D eigenvalue weighted by molar-refractivity contribution is -0.673. The van der Waals surface area contributed by atoms with E-state index in [-0.39, 0.29) is 28.4 Å². The second kappa shape index (κ2) is 5.59. The van der Waals surface area contributed by atoms with Crippen LogP contribution in [0, 0.1) is 10.1 Å². The summed E-state index contributed by atoms with van der Waals surface area (Å²) >= 11 is 0. The van der Waals surface area contributed by atoms with Gasteiger partial charge in [0.25, 0.3) is 5.69 Å². The van der Waals surface area contributed by atoms with E-state index in [2.05, 4.69) is 0 Å². The molecule has 0 bridgehead atoms. The summed E-state index contributed by atoms with van der Waals surface area (Å²) in [5.41, 5.74) is 1.57. The van der Waals surface area contributed by atoms with Gasteiger partial charge in [-0.3, -0.25) is 10.1 Å². The van der Waals surface area contributed by atoms with Gasteiger partial charge in [-0.2, -0.15) is 0 Å². The van der Waals surface area contributed by atoms with Gasteiger partial charge in [0.05, 0.1) is 4.92 Å². The fraction of sp³-hybridized carbons (Fsp3) is 0.0833. The Labute approximate surface area is 114 Å². The molecule has 1 aromatic heterocycles. The van der Waals surface area contributed by atoms with Crippen molar-refractivity contribution in [3.05, 3.63) is 52.8 Å². The van der Waals surface area contributed by atoms with E-state index < -0.39 is 4.92 Å². The fourth-order valence-electron chi connectivity index (χ4n) is 1.62. The summed E-state index contributed by atoms with van der Waals surface area (Å²) in [6.45, 7) is 0. The van der Waals surface area contributed by atoms with Gasteiger partial charge in [-0.15, -0.1) is 17.0 Å². The van der Waals surface area contributed by atoms with E-state index >= 15 is 0 Å². The average molecular weight is 311 g/mol. The van der Waals surface area contributed by atoms with Crippen LogP contribution in [-0.2, 0) is 7.05 Å². The average Bonchev–Trinajstić information content (AvgIpc) is 2.28. The quantitative estimate of drug-likeness (QED) is 0.482. The zero-order chi connectivity index (χ0) is 12.4. The monoisotopic (exact) mass is 310 g/mol. The number of nitrogens with zero attached hydrogens (tertiary/aromatic N) is 2. The molecule has 0 amide bonds. The van der Waals surface area contributed by atoms with Gasteiger partial charge in [0.15, 0.2) is 12.4 Å². The fourth-order valence-corrected chi connectivity index (χ4v) is 1.62. The number of non-ortho nitro benzene ring substituents is 1. The molecule has 0 fully saturated rings. The van der Waals surface area contributed by atoms with Crippen molar-refractivity contribution in [3.63, 3.8) is 0 Å². The normalized spacial score (nSPS) is 9.61. The van der Waals surface area contributed by atoms with E-state index in [0.29, 0.717) is 0 Å². The Bertz CT molecular complexity index is 550. The molecular weight excluding hydrogens is 300 g/mol. The zero-order valence-corrected chi connectivity index (χ0v) is 11.3. The minimum atomic E-state index is -0.451. The lowest BCUT2D eigenvalue weighted by Crippen LogP contribution is -2.27. The van der Waals surface area contributed by atoms with Crippen LogP contribution in [0.4, 0.5) is 5.69 Å². The van der Waals surface area contributed by atoms with Crippen molar-refractivity contribution < 1.29 is 14.6 Å². The van der Waals surface area contributed by atoms with Crippen LogP contribution in [0.1, 0.15) is 0 Å². The molecule has 5 nitrogen and oxygen atoms in total. The molecule has 0 saturated carbocycles. The number of rotatable bonds is 2. The molecule has 0 N–H and O–H groups in total. The summed E-state index contributed by atoms with van der Waals surface area (Å²) in [6.07, 6.45) is 3.26. The molecule has 0 atom stereocenters. The summed E-state index contributed by atoms with van der Waals surface area (Å²) in [6, 6.07) is 7.61. The highest BCUT2D eigenvalue weighted by molar-refractivity contribution is 8.93. The second-order valence-electron chi connectivity index (χ2n) is 3.73. The first-order valence-electron chi connectivity index (χ1n) is 4.98. The van der Waals surface area contributed by atoms with Gasteiger partial charge in [-0.05, 0) is 23.4 Å². The highest BCUT2D eigenvalue weighted by Crippen LogP contribution is 2.22. The molecule has 0 spiro atoms. The summed E-state index contributed by atoms with van der Waals surface area (Å²) in [5.74, 6) is -0.0941. The first-order valence-corrected chi connectivity index (χ1v) is 4.98.